The van der Waals surface area contributed by atoms with E-state index in [-0.39, 0.29) is 0 Å². The first-order valence-electron chi connectivity index (χ1n) is 2.82. The lowest BCUT2D eigenvalue weighted by Crippen LogP contribution is -2.21. The molecule has 0 saturated carbocycles. The maximum absolute atomic E-state index is 11.2. The van der Waals surface area contributed by atoms with Crippen LogP contribution in [0.2, 0.25) is 0 Å². The first-order chi connectivity index (χ1) is 6.04. The SMILES string of the molecule is O=P(O)(O)OP1(=O)OC(Cl)C(Cl)(Cl)O1. The van der Waals surface area contributed by atoms with Gasteiger partial charge in [-0.05, 0) is 0 Å². The number of halogens is 3. The van der Waals surface area contributed by atoms with Crippen molar-refractivity contribution in [3.8, 4) is 0 Å². The van der Waals surface area contributed by atoms with Gasteiger partial charge < -0.3 is 9.79 Å². The van der Waals surface area contributed by atoms with E-state index in [1.54, 1.807) is 0 Å². The second kappa shape index (κ2) is 3.86. The quantitative estimate of drug-likeness (QED) is 0.593. The van der Waals surface area contributed by atoms with E-state index in [2.05, 4.69) is 13.4 Å². The van der Waals surface area contributed by atoms with Crippen LogP contribution in [-0.2, 0) is 22.5 Å². The van der Waals surface area contributed by atoms with Crippen molar-refractivity contribution in [3.63, 3.8) is 0 Å². The third-order valence-corrected chi connectivity index (χ3v) is 5.07. The molecule has 7 nitrogen and oxygen atoms in total. The van der Waals surface area contributed by atoms with Gasteiger partial charge in [-0.25, -0.2) is 13.7 Å². The molecule has 0 aromatic rings. The van der Waals surface area contributed by atoms with Crippen molar-refractivity contribution in [1.82, 2.24) is 0 Å². The molecule has 2 N–H and O–H groups in total. The summed E-state index contributed by atoms with van der Waals surface area (Å²) in [7, 11) is -9.58. The molecule has 1 rings (SSSR count). The summed E-state index contributed by atoms with van der Waals surface area (Å²) in [5.41, 5.74) is -1.57. The fourth-order valence-corrected chi connectivity index (χ4v) is 3.81. The fourth-order valence-electron chi connectivity index (χ4n) is 0.553. The molecule has 0 aliphatic carbocycles. The molecule has 0 aromatic heterocycles. The van der Waals surface area contributed by atoms with Gasteiger partial charge in [-0.2, -0.15) is 4.31 Å². The summed E-state index contributed by atoms with van der Waals surface area (Å²) in [5.74, 6) is 0. The van der Waals surface area contributed by atoms with Crippen LogP contribution in [0.5, 0.6) is 0 Å². The zero-order valence-corrected chi connectivity index (χ0v) is 10.1. The molecule has 0 radical (unpaired) electrons. The van der Waals surface area contributed by atoms with Gasteiger partial charge in [0.1, 0.15) is 0 Å². The van der Waals surface area contributed by atoms with Gasteiger partial charge >= 0.3 is 15.6 Å². The van der Waals surface area contributed by atoms with Crippen molar-refractivity contribution in [1.29, 1.82) is 0 Å². The summed E-state index contributed by atoms with van der Waals surface area (Å²) in [4.78, 5) is 16.7. The summed E-state index contributed by atoms with van der Waals surface area (Å²) >= 11 is 15.9. The Morgan fingerprint density at radius 3 is 2.29 bits per heavy atom. The lowest BCUT2D eigenvalue weighted by atomic mass is 10.8. The van der Waals surface area contributed by atoms with Crippen molar-refractivity contribution in [2.24, 2.45) is 0 Å². The van der Waals surface area contributed by atoms with E-state index in [1.165, 1.54) is 0 Å². The minimum Gasteiger partial charge on any atom is -0.302 e. The highest BCUT2D eigenvalue weighted by molar-refractivity contribution is 7.61. The lowest BCUT2D eigenvalue weighted by molar-refractivity contribution is 0.210. The largest absolute Gasteiger partial charge is 0.488 e. The molecule has 0 spiro atoms. The molecule has 12 heteroatoms. The molecule has 1 fully saturated rings. The standard InChI is InChI=1S/C2H3Cl3O7P2/c3-1-2(4,5)11-14(9,10-1)12-13(6,7)8/h1H,(H2,6,7,8). The van der Waals surface area contributed by atoms with Crippen LogP contribution in [0.25, 0.3) is 0 Å². The zero-order chi connectivity index (χ0) is 11.2. The molecular formula is C2H3Cl3O7P2. The maximum Gasteiger partial charge on any atom is 0.488 e. The lowest BCUT2D eigenvalue weighted by Gasteiger charge is -2.11. The van der Waals surface area contributed by atoms with Gasteiger partial charge in [0, 0.05) is 0 Å². The summed E-state index contributed by atoms with van der Waals surface area (Å²) in [6, 6.07) is 0. The second-order valence-electron chi connectivity index (χ2n) is 2.09. The molecule has 1 saturated heterocycles. The molecule has 2 unspecified atom stereocenters. The topological polar surface area (TPSA) is 102 Å². The smallest absolute Gasteiger partial charge is 0.302 e. The predicted octanol–water partition coefficient (Wildman–Crippen LogP) is 1.95. The summed E-state index contributed by atoms with van der Waals surface area (Å²) in [6.07, 6.45) is 0. The van der Waals surface area contributed by atoms with Gasteiger partial charge in [0.2, 0.25) is 5.56 Å². The number of hydrogen-bond donors (Lipinski definition) is 2. The number of alkyl halides is 3. The highest BCUT2D eigenvalue weighted by Gasteiger charge is 2.57. The van der Waals surface area contributed by atoms with Gasteiger partial charge in [-0.1, -0.05) is 34.8 Å². The van der Waals surface area contributed by atoms with Crippen molar-refractivity contribution >= 4 is 50.4 Å². The minimum atomic E-state index is -5.05. The van der Waals surface area contributed by atoms with Crippen LogP contribution in [-0.4, -0.2) is 19.9 Å². The molecule has 0 aromatic carbocycles. The van der Waals surface area contributed by atoms with Crippen LogP contribution in [0, 0.1) is 0 Å². The van der Waals surface area contributed by atoms with Crippen LogP contribution < -0.4 is 0 Å². The second-order valence-corrected chi connectivity index (χ2v) is 6.73. The Balaban J connectivity index is 2.82. The van der Waals surface area contributed by atoms with E-state index >= 15 is 0 Å². The van der Waals surface area contributed by atoms with Crippen molar-refractivity contribution < 1.29 is 32.3 Å². The predicted molar refractivity (Wildman–Crippen MR) is 47.0 cm³/mol. The molecule has 14 heavy (non-hydrogen) atoms. The van der Waals surface area contributed by atoms with Crippen molar-refractivity contribution in [3.05, 3.63) is 0 Å². The first kappa shape index (κ1) is 13.2. The van der Waals surface area contributed by atoms with E-state index in [0.29, 0.717) is 0 Å². The Morgan fingerprint density at radius 1 is 1.50 bits per heavy atom. The number of phosphoric acid groups is 2. The number of phosphoric ester groups is 1. The first-order valence-corrected chi connectivity index (χ1v) is 7.00. The average molecular weight is 307 g/mol. The number of rotatable bonds is 2. The molecule has 2 atom stereocenters. The van der Waals surface area contributed by atoms with Gasteiger partial charge in [0.25, 0.3) is 4.52 Å². The van der Waals surface area contributed by atoms with Crippen LogP contribution in [0.1, 0.15) is 0 Å². The third-order valence-electron chi connectivity index (χ3n) is 0.926. The Bertz CT molecular complexity index is 323. The normalized spacial score (nSPS) is 37.4. The van der Waals surface area contributed by atoms with Gasteiger partial charge in [-0.3, -0.25) is 4.52 Å². The molecule has 84 valence electrons. The average Bonchev–Trinajstić information content (AvgIpc) is 1.94. The monoisotopic (exact) mass is 306 g/mol. The number of hydrogen-bond acceptors (Lipinski definition) is 5. The fraction of sp³-hybridized carbons (Fsp3) is 1.00. The highest BCUT2D eigenvalue weighted by atomic mass is 35.5. The third kappa shape index (κ3) is 3.32. The summed E-state index contributed by atoms with van der Waals surface area (Å²) < 4.78 is 31.6. The van der Waals surface area contributed by atoms with Crippen LogP contribution >= 0.6 is 50.4 Å². The van der Waals surface area contributed by atoms with E-state index in [4.69, 9.17) is 44.6 Å². The maximum atomic E-state index is 11.2. The van der Waals surface area contributed by atoms with Crippen LogP contribution in [0.15, 0.2) is 0 Å². The molecular weight excluding hydrogens is 304 g/mol. The Morgan fingerprint density at radius 2 is 2.00 bits per heavy atom. The Hall–Kier alpha value is 1.13. The van der Waals surface area contributed by atoms with Crippen molar-refractivity contribution in [2.45, 2.75) is 10.1 Å². The summed E-state index contributed by atoms with van der Waals surface area (Å²) in [6.45, 7) is 0. The van der Waals surface area contributed by atoms with Crippen LogP contribution in [0.4, 0.5) is 0 Å². The van der Waals surface area contributed by atoms with E-state index < -0.39 is 25.7 Å². The molecule has 0 bridgehead atoms. The van der Waals surface area contributed by atoms with E-state index in [0.717, 1.165) is 0 Å². The Kier molecular flexibility index (Phi) is 3.64. The van der Waals surface area contributed by atoms with Crippen molar-refractivity contribution in [2.75, 3.05) is 0 Å². The molecule has 1 heterocycles. The van der Waals surface area contributed by atoms with E-state index in [9.17, 15) is 9.13 Å². The highest BCUT2D eigenvalue weighted by Crippen LogP contribution is 2.70. The van der Waals surface area contributed by atoms with E-state index in [1.807, 2.05) is 0 Å². The van der Waals surface area contributed by atoms with Gasteiger partial charge in [-0.15, -0.1) is 0 Å². The van der Waals surface area contributed by atoms with Gasteiger partial charge in [0.05, 0.1) is 0 Å². The zero-order valence-electron chi connectivity index (χ0n) is 6.04. The molecule has 0 amide bonds. The Labute approximate surface area is 93.0 Å². The van der Waals surface area contributed by atoms with Gasteiger partial charge in [0.15, 0.2) is 0 Å². The molecule has 1 aliphatic rings. The van der Waals surface area contributed by atoms with Crippen LogP contribution in [0.3, 0.4) is 0 Å². The summed E-state index contributed by atoms with van der Waals surface area (Å²) in [5, 5.41) is 0. The molecule has 1 aliphatic heterocycles. The minimum absolute atomic E-state index is 1.57.